The molecule has 1 amide bonds. The van der Waals surface area contributed by atoms with Crippen molar-refractivity contribution in [1.82, 2.24) is 10.6 Å². The maximum atomic E-state index is 12.0. The van der Waals surface area contributed by atoms with Gasteiger partial charge in [0.15, 0.2) is 6.61 Å². The molecule has 4 nitrogen and oxygen atoms in total. The molecule has 1 aliphatic rings. The maximum absolute atomic E-state index is 12.0. The Morgan fingerprint density at radius 1 is 1.43 bits per heavy atom. The highest BCUT2D eigenvalue weighted by atomic mass is 16.5. The Balaban J connectivity index is 1.72. The zero-order chi connectivity index (χ0) is 16.5. The fraction of sp³-hybridized carbons (Fsp3) is 0.632. The van der Waals surface area contributed by atoms with Crippen molar-refractivity contribution in [2.75, 3.05) is 26.2 Å². The van der Waals surface area contributed by atoms with Crippen molar-refractivity contribution in [2.45, 2.75) is 45.4 Å². The number of rotatable bonds is 8. The number of carbonyl (C=O) groups excluding carboxylic acids is 1. The van der Waals surface area contributed by atoms with Crippen molar-refractivity contribution >= 4 is 5.91 Å². The Morgan fingerprint density at radius 2 is 2.26 bits per heavy atom. The molecular formula is C19H30N2O2. The molecule has 1 aliphatic heterocycles. The topological polar surface area (TPSA) is 50.4 Å². The normalized spacial score (nSPS) is 19.1. The van der Waals surface area contributed by atoms with Crippen molar-refractivity contribution in [3.05, 3.63) is 29.8 Å². The van der Waals surface area contributed by atoms with E-state index in [1.165, 1.54) is 18.4 Å². The zero-order valence-corrected chi connectivity index (χ0v) is 14.4. The summed E-state index contributed by atoms with van der Waals surface area (Å²) in [5.41, 5.74) is 1.18. The molecule has 1 aromatic rings. The van der Waals surface area contributed by atoms with Crippen molar-refractivity contribution in [3.8, 4) is 5.75 Å². The van der Waals surface area contributed by atoms with E-state index in [9.17, 15) is 4.79 Å². The van der Waals surface area contributed by atoms with E-state index in [0.29, 0.717) is 11.8 Å². The summed E-state index contributed by atoms with van der Waals surface area (Å²) in [6, 6.07) is 8.00. The molecule has 0 bridgehead atoms. The summed E-state index contributed by atoms with van der Waals surface area (Å²) >= 11 is 0. The second kappa shape index (κ2) is 9.56. The van der Waals surface area contributed by atoms with Crippen LogP contribution in [-0.4, -0.2) is 32.1 Å². The second-order valence-corrected chi connectivity index (χ2v) is 6.49. The zero-order valence-electron chi connectivity index (χ0n) is 14.4. The standard InChI is InChI=1S/C19H30N2O2/c1-3-15(2)17-8-4-5-9-18(17)23-14-19(22)21-12-10-16-7-6-11-20-13-16/h4-5,8-9,15-16,20H,3,6-7,10-14H2,1-2H3,(H,21,22). The van der Waals surface area contributed by atoms with Crippen LogP contribution in [0, 0.1) is 5.92 Å². The largest absolute Gasteiger partial charge is 0.483 e. The number of piperidine rings is 1. The Labute approximate surface area is 140 Å². The minimum Gasteiger partial charge on any atom is -0.483 e. The van der Waals surface area contributed by atoms with Crippen LogP contribution < -0.4 is 15.4 Å². The molecule has 23 heavy (non-hydrogen) atoms. The van der Waals surface area contributed by atoms with Crippen molar-refractivity contribution < 1.29 is 9.53 Å². The van der Waals surface area contributed by atoms with Gasteiger partial charge in [0.05, 0.1) is 0 Å². The van der Waals surface area contributed by atoms with Gasteiger partial charge < -0.3 is 15.4 Å². The lowest BCUT2D eigenvalue weighted by Crippen LogP contribution is -2.34. The van der Waals surface area contributed by atoms with Gasteiger partial charge in [-0.1, -0.05) is 32.0 Å². The van der Waals surface area contributed by atoms with Crippen LogP contribution in [0.4, 0.5) is 0 Å². The smallest absolute Gasteiger partial charge is 0.257 e. The van der Waals surface area contributed by atoms with Gasteiger partial charge in [-0.05, 0) is 62.2 Å². The minimum atomic E-state index is -0.0345. The molecule has 4 heteroatoms. The average Bonchev–Trinajstić information content (AvgIpc) is 2.60. The molecule has 0 saturated carbocycles. The summed E-state index contributed by atoms with van der Waals surface area (Å²) in [6.45, 7) is 7.38. The number of hydrogen-bond acceptors (Lipinski definition) is 3. The number of nitrogens with one attached hydrogen (secondary N) is 2. The number of hydrogen-bond donors (Lipinski definition) is 2. The van der Waals surface area contributed by atoms with Crippen LogP contribution in [0.3, 0.4) is 0 Å². The first kappa shape index (κ1) is 17.8. The van der Waals surface area contributed by atoms with Crippen LogP contribution in [0.2, 0.25) is 0 Å². The van der Waals surface area contributed by atoms with Gasteiger partial charge in [0, 0.05) is 6.54 Å². The van der Waals surface area contributed by atoms with Gasteiger partial charge in [0.25, 0.3) is 5.91 Å². The summed E-state index contributed by atoms with van der Waals surface area (Å²) < 4.78 is 5.74. The van der Waals surface area contributed by atoms with Crippen LogP contribution in [0.25, 0.3) is 0 Å². The average molecular weight is 318 g/mol. The lowest BCUT2D eigenvalue weighted by molar-refractivity contribution is -0.123. The fourth-order valence-corrected chi connectivity index (χ4v) is 3.02. The number of ether oxygens (including phenoxy) is 1. The molecule has 128 valence electrons. The van der Waals surface area contributed by atoms with E-state index in [1.807, 2.05) is 18.2 Å². The van der Waals surface area contributed by atoms with Gasteiger partial charge in [-0.3, -0.25) is 4.79 Å². The Bertz CT molecular complexity index is 484. The molecule has 0 radical (unpaired) electrons. The van der Waals surface area contributed by atoms with E-state index in [0.717, 1.165) is 38.2 Å². The van der Waals surface area contributed by atoms with E-state index in [-0.39, 0.29) is 12.5 Å². The van der Waals surface area contributed by atoms with Crippen LogP contribution >= 0.6 is 0 Å². The third-order valence-corrected chi connectivity index (χ3v) is 4.69. The predicted molar refractivity (Wildman–Crippen MR) is 93.9 cm³/mol. The SMILES string of the molecule is CCC(C)c1ccccc1OCC(=O)NCCC1CCCNC1. The lowest BCUT2D eigenvalue weighted by atomic mass is 9.96. The van der Waals surface area contributed by atoms with Crippen molar-refractivity contribution in [1.29, 1.82) is 0 Å². The number of para-hydroxylation sites is 1. The highest BCUT2D eigenvalue weighted by Crippen LogP contribution is 2.28. The van der Waals surface area contributed by atoms with Gasteiger partial charge in [0.2, 0.25) is 0 Å². The molecular weight excluding hydrogens is 288 g/mol. The summed E-state index contributed by atoms with van der Waals surface area (Å²) in [4.78, 5) is 12.0. The first-order valence-corrected chi connectivity index (χ1v) is 8.89. The van der Waals surface area contributed by atoms with Crippen molar-refractivity contribution in [3.63, 3.8) is 0 Å². The van der Waals surface area contributed by atoms with Crippen molar-refractivity contribution in [2.24, 2.45) is 5.92 Å². The Kier molecular flexibility index (Phi) is 7.40. The monoisotopic (exact) mass is 318 g/mol. The maximum Gasteiger partial charge on any atom is 0.257 e. The van der Waals surface area contributed by atoms with Gasteiger partial charge in [-0.2, -0.15) is 0 Å². The molecule has 2 atom stereocenters. The predicted octanol–water partition coefficient (Wildman–Crippen LogP) is 3.08. The number of benzene rings is 1. The summed E-state index contributed by atoms with van der Waals surface area (Å²) in [5, 5.41) is 6.38. The molecule has 0 spiro atoms. The molecule has 2 rings (SSSR count). The third kappa shape index (κ3) is 5.87. The quantitative estimate of drug-likeness (QED) is 0.774. The van der Waals surface area contributed by atoms with E-state index in [4.69, 9.17) is 4.74 Å². The fourth-order valence-electron chi connectivity index (χ4n) is 3.02. The van der Waals surface area contributed by atoms with Gasteiger partial charge in [-0.25, -0.2) is 0 Å². The minimum absolute atomic E-state index is 0.0345. The molecule has 1 saturated heterocycles. The van der Waals surface area contributed by atoms with Gasteiger partial charge >= 0.3 is 0 Å². The highest BCUT2D eigenvalue weighted by molar-refractivity contribution is 5.77. The number of carbonyl (C=O) groups is 1. The first-order valence-electron chi connectivity index (χ1n) is 8.89. The van der Waals surface area contributed by atoms with Crippen LogP contribution in [0.1, 0.15) is 51.0 Å². The summed E-state index contributed by atoms with van der Waals surface area (Å²) in [6.07, 6.45) is 4.61. The molecule has 1 heterocycles. The summed E-state index contributed by atoms with van der Waals surface area (Å²) in [7, 11) is 0. The lowest BCUT2D eigenvalue weighted by Gasteiger charge is -2.22. The molecule has 0 aliphatic carbocycles. The van der Waals surface area contributed by atoms with Crippen LogP contribution in [-0.2, 0) is 4.79 Å². The second-order valence-electron chi connectivity index (χ2n) is 6.49. The summed E-state index contributed by atoms with van der Waals surface area (Å²) in [5.74, 6) is 1.92. The molecule has 1 fully saturated rings. The van der Waals surface area contributed by atoms with E-state index < -0.39 is 0 Å². The third-order valence-electron chi connectivity index (χ3n) is 4.69. The van der Waals surface area contributed by atoms with Crippen LogP contribution in [0.15, 0.2) is 24.3 Å². The Hall–Kier alpha value is -1.55. The highest BCUT2D eigenvalue weighted by Gasteiger charge is 2.14. The van der Waals surface area contributed by atoms with Gasteiger partial charge in [0.1, 0.15) is 5.75 Å². The molecule has 2 N–H and O–H groups in total. The van der Waals surface area contributed by atoms with E-state index in [1.54, 1.807) is 0 Å². The van der Waals surface area contributed by atoms with E-state index >= 15 is 0 Å². The van der Waals surface area contributed by atoms with Crippen LogP contribution in [0.5, 0.6) is 5.75 Å². The van der Waals surface area contributed by atoms with E-state index in [2.05, 4.69) is 30.5 Å². The molecule has 1 aromatic carbocycles. The first-order chi connectivity index (χ1) is 11.2. The number of amides is 1. The van der Waals surface area contributed by atoms with Gasteiger partial charge in [-0.15, -0.1) is 0 Å². The molecule has 2 unspecified atom stereocenters. The Morgan fingerprint density at radius 3 is 3.00 bits per heavy atom. The molecule has 0 aromatic heterocycles.